The number of hydrogen-bond acceptors (Lipinski definition) is 6. The van der Waals surface area contributed by atoms with E-state index in [1.165, 1.54) is 20.3 Å². The summed E-state index contributed by atoms with van der Waals surface area (Å²) in [5, 5.41) is 0. The van der Waals surface area contributed by atoms with Crippen LogP contribution in [0.15, 0.2) is 36.4 Å². The highest BCUT2D eigenvalue weighted by Gasteiger charge is 2.43. The largest absolute Gasteiger partial charge is 0.458 e. The summed E-state index contributed by atoms with van der Waals surface area (Å²) < 4.78 is 19.3. The average Bonchev–Trinajstić information content (AvgIpc) is 2.73. The maximum absolute atomic E-state index is 13.7. The number of nitrogens with zero attached hydrogens (tertiary/aromatic N) is 1. The summed E-state index contributed by atoms with van der Waals surface area (Å²) in [5.41, 5.74) is 1.89. The summed E-state index contributed by atoms with van der Waals surface area (Å²) in [5.74, 6) is -0.708. The molecule has 0 aliphatic carbocycles. The van der Waals surface area contributed by atoms with Crippen LogP contribution >= 0.6 is 0 Å². The summed E-state index contributed by atoms with van der Waals surface area (Å²) in [4.78, 5) is 41.4. The molecule has 2 amide bonds. The second kappa shape index (κ2) is 12.9. The predicted molar refractivity (Wildman–Crippen MR) is 152 cm³/mol. The minimum atomic E-state index is -1.30. The van der Waals surface area contributed by atoms with E-state index in [9.17, 15) is 14.4 Å². The van der Waals surface area contributed by atoms with Crippen LogP contribution < -0.4 is 21.2 Å². The van der Waals surface area contributed by atoms with Crippen molar-refractivity contribution >= 4 is 18.2 Å². The number of amides is 2. The van der Waals surface area contributed by atoms with Gasteiger partial charge in [-0.15, -0.1) is 0 Å². The third-order valence-corrected chi connectivity index (χ3v) is 9.19. The van der Waals surface area contributed by atoms with E-state index < -0.39 is 62.2 Å². The maximum atomic E-state index is 13.7. The molecule has 0 fully saturated rings. The van der Waals surface area contributed by atoms with Crippen LogP contribution in [0.2, 0.25) is 0 Å². The molecule has 0 saturated carbocycles. The molecule has 1 atom stereocenters. The second-order valence-corrected chi connectivity index (χ2v) is 15.8. The van der Waals surface area contributed by atoms with Gasteiger partial charge in [0.05, 0.1) is 0 Å². The lowest BCUT2D eigenvalue weighted by atomic mass is 10.0. The van der Waals surface area contributed by atoms with E-state index in [0.29, 0.717) is 0 Å². The molecule has 2 aromatic rings. The number of aryl methyl sites for hydroxylation is 3. The van der Waals surface area contributed by atoms with Crippen molar-refractivity contribution in [3.63, 3.8) is 0 Å². The fourth-order valence-electron chi connectivity index (χ4n) is 3.98. The average molecular weight is 667 g/mol. The number of carbonyl (C=O) groups excluding carboxylic acids is 3. The lowest BCUT2D eigenvalue weighted by Crippen LogP contribution is -3.62. The minimum Gasteiger partial charge on any atom is -0.458 e. The molecule has 0 N–H and O–H groups in total. The highest BCUT2D eigenvalue weighted by atomic mass is 127. The van der Waals surface area contributed by atoms with Crippen molar-refractivity contribution in [2.45, 2.75) is 112 Å². The van der Waals surface area contributed by atoms with E-state index in [2.05, 4.69) is 39.0 Å². The zero-order valence-electron chi connectivity index (χ0n) is 26.0. The van der Waals surface area contributed by atoms with Crippen molar-refractivity contribution in [2.24, 2.45) is 0 Å². The molecule has 0 aliphatic rings. The Balaban J connectivity index is 2.63. The monoisotopic (exact) mass is 666 g/mol. The number of hydrogen-bond donors (Lipinski definition) is 0. The molecule has 40 heavy (non-hydrogen) atoms. The topological polar surface area (TPSA) is 82.1 Å². The zero-order chi connectivity index (χ0) is 30.6. The van der Waals surface area contributed by atoms with Gasteiger partial charge in [-0.05, 0) is 89.2 Å². The van der Waals surface area contributed by atoms with Crippen molar-refractivity contribution in [1.82, 2.24) is 4.90 Å². The highest BCUT2D eigenvalue weighted by Crippen LogP contribution is 2.22. The highest BCUT2D eigenvalue weighted by molar-refractivity contribution is 5.94. The van der Waals surface area contributed by atoms with Crippen LogP contribution in [0.1, 0.15) is 84.6 Å². The molecule has 2 aromatic carbocycles. The van der Waals surface area contributed by atoms with Gasteiger partial charge in [-0.25, -0.2) is 14.4 Å². The van der Waals surface area contributed by atoms with Gasteiger partial charge in [-0.3, -0.25) is 0 Å². The van der Waals surface area contributed by atoms with E-state index >= 15 is 0 Å². The Morgan fingerprint density at radius 1 is 0.750 bits per heavy atom. The molecule has 0 radical (unpaired) electrons. The molecule has 0 heterocycles. The van der Waals surface area contributed by atoms with Crippen LogP contribution in [-0.4, -0.2) is 45.9 Å². The van der Waals surface area contributed by atoms with Crippen LogP contribution in [0.25, 0.3) is 0 Å². The van der Waals surface area contributed by atoms with E-state index in [1.807, 2.05) is 18.2 Å². The molecule has 2 rings (SSSR count). The van der Waals surface area contributed by atoms with Crippen molar-refractivity contribution in [3.8, 4) is 0 Å². The normalized spacial score (nSPS) is 12.9. The van der Waals surface area contributed by atoms with Gasteiger partial charge in [0.2, 0.25) is 0 Å². The Morgan fingerprint density at radius 3 is 1.65 bits per heavy atom. The van der Waals surface area contributed by atoms with Gasteiger partial charge in [0.1, 0.15) is 22.8 Å². The van der Waals surface area contributed by atoms with E-state index in [-0.39, 0.29) is 6.42 Å². The molecular weight excluding hydrogens is 621 g/mol. The molecule has 0 aromatic heterocycles. The number of benzene rings is 2. The molecule has 0 saturated heterocycles. The van der Waals surface area contributed by atoms with Gasteiger partial charge in [0.25, 0.3) is 0 Å². The Kier molecular flexibility index (Phi) is 10.8. The Labute approximate surface area is 250 Å². The smallest absolute Gasteiger partial charge is 0.420 e. The number of esters is 1. The first kappa shape index (κ1) is 33.6. The predicted octanol–water partition coefficient (Wildman–Crippen LogP) is 4.17. The van der Waals surface area contributed by atoms with Gasteiger partial charge >= 0.3 is 39.4 Å². The summed E-state index contributed by atoms with van der Waals surface area (Å²) >= 11 is -0.628. The quantitative estimate of drug-likeness (QED) is 0.262. The fourth-order valence-corrected chi connectivity index (χ4v) is 6.86. The fraction of sp³-hybridized carbons (Fsp3) is 0.531. The molecule has 7 nitrogen and oxygen atoms in total. The third kappa shape index (κ3) is 10.4. The Morgan fingerprint density at radius 2 is 1.20 bits per heavy atom. The van der Waals surface area contributed by atoms with Crippen molar-refractivity contribution in [2.75, 3.05) is 0 Å². The lowest BCUT2D eigenvalue weighted by molar-refractivity contribution is -0.599. The first-order valence-electron chi connectivity index (χ1n) is 13.5. The van der Waals surface area contributed by atoms with Crippen molar-refractivity contribution in [1.29, 1.82) is 0 Å². The number of halogens is 1. The number of carbonyl (C=O) groups is 3. The van der Waals surface area contributed by atoms with E-state index in [4.69, 9.17) is 14.2 Å². The maximum Gasteiger partial charge on any atom is 0.420 e. The summed E-state index contributed by atoms with van der Waals surface area (Å²) in [7, 11) is 0. The van der Waals surface area contributed by atoms with Gasteiger partial charge < -0.3 is 14.2 Å². The summed E-state index contributed by atoms with van der Waals surface area (Å²) in [6.45, 7) is 21.8. The summed E-state index contributed by atoms with van der Waals surface area (Å²) in [6.07, 6.45) is -1.86. The molecule has 0 unspecified atom stereocenters. The van der Waals surface area contributed by atoms with Gasteiger partial charge in [-0.1, -0.05) is 35.9 Å². The first-order valence-corrected chi connectivity index (χ1v) is 15.6. The molecule has 220 valence electrons. The van der Waals surface area contributed by atoms with Gasteiger partial charge in [0, 0.05) is 23.1 Å². The molecule has 0 bridgehead atoms. The number of rotatable bonds is 6. The van der Waals surface area contributed by atoms with Crippen LogP contribution in [-0.2, 0) is 25.4 Å². The van der Waals surface area contributed by atoms with E-state index in [1.54, 1.807) is 62.3 Å². The SMILES string of the molecule is Cc1cc(C)c([I+]c2ccccc2C[C@@H](C(=O)OC(C)(C)C)N(C(=O)OC(C)(C)C)C(=O)OC(C)(C)C)c(C)c1. The standard InChI is InChI=1S/C32H45INO6/c1-20-17-21(2)26(22(3)18-20)33-24-16-14-13-15-23(24)19-25(27(35)38-30(4,5)6)34(28(36)39-31(7,8)9)29(37)40-32(10,11)12/h13-18,25H,19H2,1-12H3/q+1/t25-/m0/s1. The zero-order valence-corrected chi connectivity index (χ0v) is 28.2. The third-order valence-electron chi connectivity index (χ3n) is 5.32. The summed E-state index contributed by atoms with van der Waals surface area (Å²) in [6, 6.07) is 10.9. The van der Waals surface area contributed by atoms with Crippen molar-refractivity contribution < 1.29 is 49.8 Å². The van der Waals surface area contributed by atoms with Crippen LogP contribution in [0.4, 0.5) is 9.59 Å². The van der Waals surface area contributed by atoms with Gasteiger partial charge in [0.15, 0.2) is 7.14 Å². The van der Waals surface area contributed by atoms with Crippen molar-refractivity contribution in [3.05, 3.63) is 65.8 Å². The molecule has 8 heteroatoms. The molecule has 0 aliphatic heterocycles. The van der Waals surface area contributed by atoms with Crippen LogP contribution in [0.3, 0.4) is 0 Å². The number of imide groups is 1. The van der Waals surface area contributed by atoms with Crippen LogP contribution in [0, 0.1) is 27.9 Å². The second-order valence-electron chi connectivity index (χ2n) is 13.0. The Bertz CT molecular complexity index is 1180. The Hall–Kier alpha value is -2.62. The lowest BCUT2D eigenvalue weighted by Gasteiger charge is -2.33. The van der Waals surface area contributed by atoms with Gasteiger partial charge in [-0.2, -0.15) is 4.90 Å². The first-order chi connectivity index (χ1) is 18.2. The van der Waals surface area contributed by atoms with E-state index in [0.717, 1.165) is 14.0 Å². The molecular formula is C32H45INO6+. The van der Waals surface area contributed by atoms with Crippen LogP contribution in [0.5, 0.6) is 0 Å². The number of ether oxygens (including phenoxy) is 3. The minimum absolute atomic E-state index is 0.0627. The molecule has 0 spiro atoms.